The lowest BCUT2D eigenvalue weighted by Gasteiger charge is -2.20. The molecule has 4 aromatic carbocycles. The summed E-state index contributed by atoms with van der Waals surface area (Å²) in [6.45, 7) is 0. The van der Waals surface area contributed by atoms with Gasteiger partial charge in [-0.1, -0.05) is 78.9 Å². The van der Waals surface area contributed by atoms with Crippen molar-refractivity contribution >= 4 is 11.4 Å². The van der Waals surface area contributed by atoms with Crippen molar-refractivity contribution in [2.75, 3.05) is 4.90 Å². The summed E-state index contributed by atoms with van der Waals surface area (Å²) in [5, 5.41) is 0. The highest BCUT2D eigenvalue weighted by molar-refractivity contribution is 5.80. The van der Waals surface area contributed by atoms with Crippen molar-refractivity contribution < 1.29 is 0 Å². The molecule has 0 fully saturated rings. The third-order valence-electron chi connectivity index (χ3n) is 6.19. The van der Waals surface area contributed by atoms with Crippen LogP contribution in [0.2, 0.25) is 0 Å². The van der Waals surface area contributed by atoms with E-state index in [0.29, 0.717) is 6.04 Å². The van der Waals surface area contributed by atoms with E-state index in [2.05, 4.69) is 102 Å². The molecule has 1 unspecified atom stereocenters. The Morgan fingerprint density at radius 2 is 1.07 bits per heavy atom. The van der Waals surface area contributed by atoms with Crippen LogP contribution in [0.4, 0.5) is 11.4 Å². The summed E-state index contributed by atoms with van der Waals surface area (Å²) < 4.78 is 0. The number of fused-ring (bicyclic) bond motifs is 5. The maximum atomic E-state index is 2.55. The zero-order valence-electron chi connectivity index (χ0n) is 15.7. The predicted octanol–water partition coefficient (Wildman–Crippen LogP) is 6.64. The van der Waals surface area contributed by atoms with Crippen molar-refractivity contribution in [3.63, 3.8) is 0 Å². The minimum atomic E-state index is 0.586. The zero-order chi connectivity index (χ0) is 18.5. The molecule has 0 N–H and O–H groups in total. The highest BCUT2D eigenvalue weighted by Gasteiger charge is 2.36. The molecule has 2 aliphatic rings. The smallest absolute Gasteiger partial charge is 0.0447 e. The highest BCUT2D eigenvalue weighted by Crippen LogP contribution is 2.46. The molecule has 0 spiro atoms. The molecule has 2 heterocycles. The molecule has 134 valence electrons. The average molecular weight is 359 g/mol. The van der Waals surface area contributed by atoms with E-state index in [1.165, 1.54) is 44.8 Å². The van der Waals surface area contributed by atoms with Gasteiger partial charge < -0.3 is 4.90 Å². The summed E-state index contributed by atoms with van der Waals surface area (Å²) in [5.41, 5.74) is 10.9. The molecule has 0 bridgehead atoms. The van der Waals surface area contributed by atoms with Gasteiger partial charge in [0, 0.05) is 17.4 Å². The Kier molecular flexibility index (Phi) is 3.42. The van der Waals surface area contributed by atoms with Crippen LogP contribution in [0.25, 0.3) is 22.3 Å². The molecule has 6 rings (SSSR count). The van der Waals surface area contributed by atoms with Gasteiger partial charge in [-0.25, -0.2) is 0 Å². The molecular weight excluding hydrogens is 338 g/mol. The lowest BCUT2D eigenvalue weighted by molar-refractivity contribution is 0.725. The first-order valence-electron chi connectivity index (χ1n) is 10.0. The molecular formula is C27H21N. The van der Waals surface area contributed by atoms with E-state index >= 15 is 0 Å². The quantitative estimate of drug-likeness (QED) is 0.388. The third-order valence-corrected chi connectivity index (χ3v) is 6.19. The Bertz CT molecular complexity index is 1160. The van der Waals surface area contributed by atoms with Crippen LogP contribution in [0.15, 0.2) is 97.1 Å². The van der Waals surface area contributed by atoms with Crippen LogP contribution in [-0.2, 0) is 12.8 Å². The first-order chi connectivity index (χ1) is 13.9. The van der Waals surface area contributed by atoms with Gasteiger partial charge in [-0.15, -0.1) is 0 Å². The molecule has 0 aromatic heterocycles. The van der Waals surface area contributed by atoms with Crippen LogP contribution in [0.1, 0.15) is 11.1 Å². The Hall–Kier alpha value is -3.32. The van der Waals surface area contributed by atoms with Crippen LogP contribution >= 0.6 is 0 Å². The van der Waals surface area contributed by atoms with Gasteiger partial charge in [0.05, 0.1) is 0 Å². The Balaban J connectivity index is 1.34. The van der Waals surface area contributed by atoms with Gasteiger partial charge in [-0.05, 0) is 64.4 Å². The van der Waals surface area contributed by atoms with Gasteiger partial charge in [0.2, 0.25) is 0 Å². The highest BCUT2D eigenvalue weighted by atomic mass is 15.2. The Morgan fingerprint density at radius 1 is 0.500 bits per heavy atom. The summed E-state index contributed by atoms with van der Waals surface area (Å²) >= 11 is 0. The fraction of sp³-hybridized carbons (Fsp3) is 0.111. The van der Waals surface area contributed by atoms with Gasteiger partial charge in [-0.3, -0.25) is 0 Å². The number of hydrogen-bond acceptors (Lipinski definition) is 1. The lowest BCUT2D eigenvalue weighted by Crippen LogP contribution is -2.22. The number of hydrogen-bond donors (Lipinski definition) is 0. The maximum Gasteiger partial charge on any atom is 0.0447 e. The summed E-state index contributed by atoms with van der Waals surface area (Å²) in [7, 11) is 0. The summed E-state index contributed by atoms with van der Waals surface area (Å²) in [5.74, 6) is 0. The van der Waals surface area contributed by atoms with Gasteiger partial charge in [-0.2, -0.15) is 0 Å². The topological polar surface area (TPSA) is 3.24 Å². The Labute approximate surface area is 165 Å². The molecule has 28 heavy (non-hydrogen) atoms. The monoisotopic (exact) mass is 359 g/mol. The number of nitrogens with zero attached hydrogens (tertiary/aromatic N) is 1. The molecule has 0 radical (unpaired) electrons. The van der Waals surface area contributed by atoms with Crippen molar-refractivity contribution in [1.29, 1.82) is 0 Å². The molecule has 1 heteroatoms. The molecule has 2 aliphatic heterocycles. The first kappa shape index (κ1) is 15.7. The third kappa shape index (κ3) is 2.40. The minimum Gasteiger partial charge on any atom is -0.337 e. The SMILES string of the molecule is c1ccc(-c2ccc(-c3ccc4c(c3)CC3Cc5ccccc5N43)cc2)cc1. The summed E-state index contributed by atoms with van der Waals surface area (Å²) in [6.07, 6.45) is 2.30. The standard InChI is InChI=1S/C27H21N/c1-2-6-19(7-3-1)20-10-12-21(13-11-20)22-14-15-27-24(16-22)18-25-17-23-8-4-5-9-26(23)28(25)27/h1-16,25H,17-18H2. The summed E-state index contributed by atoms with van der Waals surface area (Å²) in [4.78, 5) is 2.55. The second-order valence-electron chi connectivity index (χ2n) is 7.85. The van der Waals surface area contributed by atoms with Gasteiger partial charge in [0.1, 0.15) is 0 Å². The minimum absolute atomic E-state index is 0.586. The normalized spacial score (nSPS) is 16.6. The van der Waals surface area contributed by atoms with Crippen molar-refractivity contribution in [3.8, 4) is 22.3 Å². The second-order valence-corrected chi connectivity index (χ2v) is 7.85. The molecule has 4 aromatic rings. The molecule has 0 amide bonds. The van der Waals surface area contributed by atoms with Gasteiger partial charge in [0.25, 0.3) is 0 Å². The number of benzene rings is 4. The fourth-order valence-corrected chi connectivity index (χ4v) is 4.85. The van der Waals surface area contributed by atoms with E-state index in [4.69, 9.17) is 0 Å². The van der Waals surface area contributed by atoms with Gasteiger partial charge >= 0.3 is 0 Å². The van der Waals surface area contributed by atoms with Crippen molar-refractivity contribution in [2.24, 2.45) is 0 Å². The number of para-hydroxylation sites is 1. The predicted molar refractivity (Wildman–Crippen MR) is 117 cm³/mol. The van der Waals surface area contributed by atoms with E-state index in [1.54, 1.807) is 0 Å². The van der Waals surface area contributed by atoms with E-state index in [9.17, 15) is 0 Å². The maximum absolute atomic E-state index is 2.55. The molecule has 0 aliphatic carbocycles. The summed E-state index contributed by atoms with van der Waals surface area (Å²) in [6, 6.07) is 35.9. The van der Waals surface area contributed by atoms with Crippen LogP contribution < -0.4 is 4.90 Å². The van der Waals surface area contributed by atoms with Crippen LogP contribution in [0, 0.1) is 0 Å². The first-order valence-corrected chi connectivity index (χ1v) is 10.0. The molecule has 1 nitrogen and oxygen atoms in total. The van der Waals surface area contributed by atoms with Crippen LogP contribution in [0.5, 0.6) is 0 Å². The van der Waals surface area contributed by atoms with Crippen molar-refractivity contribution in [1.82, 2.24) is 0 Å². The fourth-order valence-electron chi connectivity index (χ4n) is 4.85. The second kappa shape index (κ2) is 6.10. The number of anilines is 2. The van der Waals surface area contributed by atoms with Gasteiger partial charge in [0.15, 0.2) is 0 Å². The molecule has 1 atom stereocenters. The van der Waals surface area contributed by atoms with Crippen molar-refractivity contribution in [3.05, 3.63) is 108 Å². The van der Waals surface area contributed by atoms with Crippen LogP contribution in [0.3, 0.4) is 0 Å². The number of rotatable bonds is 2. The lowest BCUT2D eigenvalue weighted by atomic mass is 9.97. The molecule has 0 saturated carbocycles. The van der Waals surface area contributed by atoms with Crippen molar-refractivity contribution in [2.45, 2.75) is 18.9 Å². The van der Waals surface area contributed by atoms with E-state index in [1.807, 2.05) is 0 Å². The average Bonchev–Trinajstić information content (AvgIpc) is 3.29. The van der Waals surface area contributed by atoms with E-state index in [0.717, 1.165) is 12.8 Å². The largest absolute Gasteiger partial charge is 0.337 e. The zero-order valence-corrected chi connectivity index (χ0v) is 15.7. The Morgan fingerprint density at radius 3 is 1.89 bits per heavy atom. The van der Waals surface area contributed by atoms with Crippen LogP contribution in [-0.4, -0.2) is 6.04 Å². The van der Waals surface area contributed by atoms with E-state index < -0.39 is 0 Å². The van der Waals surface area contributed by atoms with E-state index in [-0.39, 0.29) is 0 Å². The molecule has 0 saturated heterocycles.